The minimum absolute atomic E-state index is 0.105. The molecule has 0 bridgehead atoms. The van der Waals surface area contributed by atoms with Gasteiger partial charge in [-0.1, -0.05) is 18.9 Å². The molecule has 1 N–H and O–H groups in total. The first kappa shape index (κ1) is 8.95. The first-order valence-corrected chi connectivity index (χ1v) is 5.07. The van der Waals surface area contributed by atoms with Gasteiger partial charge in [-0.2, -0.15) is 0 Å². The molecule has 0 amide bonds. The molecule has 0 saturated heterocycles. The number of allylic oxidation sites excluding steroid dienone is 1. The Morgan fingerprint density at radius 1 is 1.54 bits per heavy atom. The van der Waals surface area contributed by atoms with E-state index >= 15 is 0 Å². The first-order valence-electron chi connectivity index (χ1n) is 5.07. The van der Waals surface area contributed by atoms with Crippen molar-refractivity contribution in [2.24, 2.45) is 5.92 Å². The second-order valence-electron chi connectivity index (χ2n) is 4.36. The second-order valence-corrected chi connectivity index (χ2v) is 4.36. The minimum atomic E-state index is -0.700. The number of hydrogen-bond acceptors (Lipinski definition) is 2. The van der Waals surface area contributed by atoms with Crippen molar-refractivity contribution in [3.63, 3.8) is 0 Å². The van der Waals surface area contributed by atoms with Gasteiger partial charge in [-0.05, 0) is 31.8 Å². The summed E-state index contributed by atoms with van der Waals surface area (Å²) in [5.74, 6) is 0.0692. The number of aliphatic hydroxyl groups is 1. The van der Waals surface area contributed by atoms with Gasteiger partial charge in [0.1, 0.15) is 0 Å². The number of rotatable bonds is 0. The largest absolute Gasteiger partial charge is 0.389 e. The third-order valence-corrected chi connectivity index (χ3v) is 3.47. The van der Waals surface area contributed by atoms with Crippen molar-refractivity contribution >= 4 is 5.78 Å². The van der Waals surface area contributed by atoms with Crippen LogP contribution in [0.2, 0.25) is 0 Å². The van der Waals surface area contributed by atoms with E-state index in [1.54, 1.807) is 0 Å². The van der Waals surface area contributed by atoms with Crippen LogP contribution in [-0.2, 0) is 4.79 Å². The van der Waals surface area contributed by atoms with E-state index in [1.165, 1.54) is 0 Å². The van der Waals surface area contributed by atoms with Crippen molar-refractivity contribution in [2.75, 3.05) is 0 Å². The molecule has 2 atom stereocenters. The fraction of sp³-hybridized carbons (Fsp3) is 0.727. The van der Waals surface area contributed by atoms with Gasteiger partial charge in [0.15, 0.2) is 5.78 Å². The molecule has 2 aliphatic rings. The Morgan fingerprint density at radius 2 is 2.31 bits per heavy atom. The van der Waals surface area contributed by atoms with Gasteiger partial charge in [-0.3, -0.25) is 4.79 Å². The highest BCUT2D eigenvalue weighted by molar-refractivity contribution is 5.98. The molecule has 13 heavy (non-hydrogen) atoms. The highest BCUT2D eigenvalue weighted by Crippen LogP contribution is 2.41. The minimum Gasteiger partial charge on any atom is -0.389 e. The van der Waals surface area contributed by atoms with Crippen molar-refractivity contribution in [1.82, 2.24) is 0 Å². The predicted octanol–water partition coefficient (Wildman–Crippen LogP) is 1.83. The maximum atomic E-state index is 11.7. The third kappa shape index (κ3) is 1.33. The van der Waals surface area contributed by atoms with E-state index < -0.39 is 5.60 Å². The van der Waals surface area contributed by atoms with E-state index in [-0.39, 0.29) is 11.7 Å². The summed E-state index contributed by atoms with van der Waals surface area (Å²) < 4.78 is 0. The molecule has 2 unspecified atom stereocenters. The van der Waals surface area contributed by atoms with Gasteiger partial charge in [0.2, 0.25) is 0 Å². The summed E-state index contributed by atoms with van der Waals surface area (Å²) in [4.78, 5) is 11.7. The Kier molecular flexibility index (Phi) is 2.03. The fourth-order valence-electron chi connectivity index (χ4n) is 2.55. The third-order valence-electron chi connectivity index (χ3n) is 3.47. The number of fused-ring (bicyclic) bond motifs is 1. The van der Waals surface area contributed by atoms with Gasteiger partial charge in [0, 0.05) is 0 Å². The van der Waals surface area contributed by atoms with E-state index in [9.17, 15) is 9.90 Å². The van der Waals surface area contributed by atoms with Gasteiger partial charge in [-0.25, -0.2) is 0 Å². The lowest BCUT2D eigenvalue weighted by Crippen LogP contribution is -2.46. The summed E-state index contributed by atoms with van der Waals surface area (Å²) >= 11 is 0. The zero-order chi connectivity index (χ0) is 9.47. The van der Waals surface area contributed by atoms with Gasteiger partial charge in [-0.15, -0.1) is 0 Å². The lowest BCUT2D eigenvalue weighted by molar-refractivity contribution is -0.134. The summed E-state index contributed by atoms with van der Waals surface area (Å²) in [6, 6.07) is 0. The smallest absolute Gasteiger partial charge is 0.164 e. The second kappa shape index (κ2) is 2.95. The van der Waals surface area contributed by atoms with Crippen LogP contribution < -0.4 is 0 Å². The zero-order valence-corrected chi connectivity index (χ0v) is 8.05. The maximum Gasteiger partial charge on any atom is 0.164 e. The topological polar surface area (TPSA) is 37.3 Å². The highest BCUT2D eigenvalue weighted by Gasteiger charge is 2.44. The van der Waals surface area contributed by atoms with Gasteiger partial charge < -0.3 is 5.11 Å². The van der Waals surface area contributed by atoms with Crippen molar-refractivity contribution < 1.29 is 9.90 Å². The summed E-state index contributed by atoms with van der Waals surface area (Å²) in [5.41, 5.74) is 0.144. The average Bonchev–Trinajstić information content (AvgIpc) is 2.12. The quantitative estimate of drug-likeness (QED) is 0.617. The van der Waals surface area contributed by atoms with E-state index in [0.717, 1.165) is 31.3 Å². The number of hydrogen-bond donors (Lipinski definition) is 1. The predicted molar refractivity (Wildman–Crippen MR) is 50.3 cm³/mol. The highest BCUT2D eigenvalue weighted by atomic mass is 16.3. The normalized spacial score (nSPS) is 39.7. The number of ketones is 1. The molecule has 0 spiro atoms. The number of carbonyl (C=O) groups is 1. The summed E-state index contributed by atoms with van der Waals surface area (Å²) in [6.45, 7) is 1.86. The fourth-order valence-corrected chi connectivity index (χ4v) is 2.55. The molecular weight excluding hydrogens is 164 g/mol. The van der Waals surface area contributed by atoms with Crippen molar-refractivity contribution in [3.05, 3.63) is 11.6 Å². The van der Waals surface area contributed by atoms with Crippen LogP contribution in [0.15, 0.2) is 11.6 Å². The summed E-state index contributed by atoms with van der Waals surface area (Å²) in [7, 11) is 0. The monoisotopic (exact) mass is 180 g/mol. The molecule has 2 nitrogen and oxygen atoms in total. The molecule has 72 valence electrons. The van der Waals surface area contributed by atoms with Crippen LogP contribution in [0.5, 0.6) is 0 Å². The van der Waals surface area contributed by atoms with Crippen LogP contribution in [0, 0.1) is 5.92 Å². The van der Waals surface area contributed by atoms with E-state index in [1.807, 2.05) is 13.0 Å². The van der Waals surface area contributed by atoms with Crippen molar-refractivity contribution in [1.29, 1.82) is 0 Å². The molecule has 2 aliphatic carbocycles. The molecule has 2 rings (SSSR count). The lowest BCUT2D eigenvalue weighted by Gasteiger charge is -2.41. The van der Waals surface area contributed by atoms with E-state index in [2.05, 4.69) is 0 Å². The average molecular weight is 180 g/mol. The molecule has 0 aliphatic heterocycles. The number of carbonyl (C=O) groups excluding carboxylic acids is 1. The molecule has 0 aromatic heterocycles. The van der Waals surface area contributed by atoms with Crippen LogP contribution in [0.1, 0.15) is 39.0 Å². The molecule has 1 saturated carbocycles. The van der Waals surface area contributed by atoms with Crippen molar-refractivity contribution in [3.8, 4) is 0 Å². The Morgan fingerprint density at radius 3 is 3.08 bits per heavy atom. The van der Waals surface area contributed by atoms with Gasteiger partial charge >= 0.3 is 0 Å². The van der Waals surface area contributed by atoms with Crippen molar-refractivity contribution in [2.45, 2.75) is 44.6 Å². The number of Topliss-reactive ketones (excluding diaryl/α,β-unsaturated/α-hetero) is 1. The molecule has 0 aromatic carbocycles. The summed E-state index contributed by atoms with van der Waals surface area (Å²) in [6.07, 6.45) is 6.40. The van der Waals surface area contributed by atoms with Gasteiger partial charge in [0.25, 0.3) is 0 Å². The van der Waals surface area contributed by atoms with Crippen LogP contribution in [0.4, 0.5) is 0 Å². The molecule has 1 fully saturated rings. The van der Waals surface area contributed by atoms with E-state index in [4.69, 9.17) is 0 Å². The Bertz CT molecular complexity index is 267. The SMILES string of the molecule is CC1=CCC2(O)CCCCC2C1=O. The Hall–Kier alpha value is -0.630. The van der Waals surface area contributed by atoms with Crippen LogP contribution >= 0.6 is 0 Å². The van der Waals surface area contributed by atoms with Crippen LogP contribution in [0.25, 0.3) is 0 Å². The van der Waals surface area contributed by atoms with E-state index in [0.29, 0.717) is 6.42 Å². The molecular formula is C11H16O2. The molecule has 0 heterocycles. The molecule has 0 aromatic rings. The lowest BCUT2D eigenvalue weighted by atomic mass is 9.67. The van der Waals surface area contributed by atoms with Gasteiger partial charge in [0.05, 0.1) is 11.5 Å². The van der Waals surface area contributed by atoms with Crippen LogP contribution in [0.3, 0.4) is 0 Å². The first-order chi connectivity index (χ1) is 6.13. The standard InChI is InChI=1S/C11H16O2/c1-8-5-7-11(13)6-3-2-4-9(11)10(8)12/h5,9,13H,2-4,6-7H2,1H3. The summed E-state index contributed by atoms with van der Waals surface area (Å²) in [5, 5.41) is 10.2. The zero-order valence-electron chi connectivity index (χ0n) is 8.05. The van der Waals surface area contributed by atoms with Crippen LogP contribution in [-0.4, -0.2) is 16.5 Å². The molecule has 0 radical (unpaired) electrons. The maximum absolute atomic E-state index is 11.7. The Labute approximate surface area is 78.6 Å². The Balaban J connectivity index is 2.30. The molecule has 2 heteroatoms.